The van der Waals surface area contributed by atoms with Crippen LogP contribution in [0.15, 0.2) is 12.3 Å². The Labute approximate surface area is 76.5 Å². The van der Waals surface area contributed by atoms with Gasteiger partial charge in [0, 0.05) is 0 Å². The predicted octanol–water partition coefficient (Wildman–Crippen LogP) is 4.07. The van der Waals surface area contributed by atoms with Crippen LogP contribution in [0.4, 0.5) is 0 Å². The minimum atomic E-state index is 0.900. The first-order valence-electron chi connectivity index (χ1n) is 5.18. The maximum absolute atomic E-state index is 9.92. The Kier molecular flexibility index (Phi) is 10.1. The van der Waals surface area contributed by atoms with Gasteiger partial charge in [0.15, 0.2) is 0 Å². The van der Waals surface area contributed by atoms with Gasteiger partial charge in [0.2, 0.25) is 0 Å². The van der Waals surface area contributed by atoms with E-state index >= 15 is 0 Å². The second kappa shape index (κ2) is 10.5. The number of hydrogen-bond acceptors (Lipinski definition) is 0. The average Bonchev–Trinajstić information content (AvgIpc) is 2.10. The van der Waals surface area contributed by atoms with Crippen LogP contribution in [0, 0.1) is 0 Å². The Bertz CT molecular complexity index is 97.2. The number of allylic oxidation sites excluding steroid dienone is 1. The first-order valence-corrected chi connectivity index (χ1v) is 5.18. The van der Waals surface area contributed by atoms with Crippen LogP contribution in [-0.4, -0.2) is 0 Å². The molecule has 0 saturated heterocycles. The monoisotopic (exact) mass is 169 g/mol. The molecule has 0 amide bonds. The van der Waals surface area contributed by atoms with Crippen LogP contribution in [0.25, 0.3) is 0 Å². The zero-order valence-electron chi connectivity index (χ0n) is 8.22. The number of rotatable bonds is 8. The Hall–Kier alpha value is -0.460. The van der Waals surface area contributed by atoms with Crippen molar-refractivity contribution in [2.24, 2.45) is 0 Å². The van der Waals surface area contributed by atoms with Crippen molar-refractivity contribution in [2.45, 2.75) is 58.3 Å². The van der Waals surface area contributed by atoms with Crippen LogP contribution in [-0.2, 0) is 5.11 Å². The van der Waals surface area contributed by atoms with Gasteiger partial charge in [-0.05, 0) is 18.9 Å². The van der Waals surface area contributed by atoms with Gasteiger partial charge >= 0.3 is 0 Å². The highest BCUT2D eigenvalue weighted by atomic mass is 16.2. The zero-order valence-corrected chi connectivity index (χ0v) is 8.22. The van der Waals surface area contributed by atoms with E-state index in [2.05, 4.69) is 6.92 Å². The molecule has 0 aromatic rings. The Morgan fingerprint density at radius 3 is 2.08 bits per heavy atom. The summed E-state index contributed by atoms with van der Waals surface area (Å²) in [5.74, 6) is 0. The van der Waals surface area contributed by atoms with Crippen molar-refractivity contribution in [3.8, 4) is 0 Å². The van der Waals surface area contributed by atoms with Crippen LogP contribution < -0.4 is 0 Å². The largest absolute Gasteiger partial charge is 0.299 e. The van der Waals surface area contributed by atoms with Crippen LogP contribution >= 0.6 is 0 Å². The topological polar surface area (TPSA) is 19.9 Å². The lowest BCUT2D eigenvalue weighted by atomic mass is 10.1. The molecule has 0 aromatic heterocycles. The molecular weight excluding hydrogens is 148 g/mol. The van der Waals surface area contributed by atoms with E-state index in [1.165, 1.54) is 44.9 Å². The second-order valence-electron chi connectivity index (χ2n) is 3.28. The normalized spacial score (nSPS) is 11.1. The van der Waals surface area contributed by atoms with Gasteiger partial charge < -0.3 is 0 Å². The number of hydrogen-bond donors (Lipinski definition) is 0. The quantitative estimate of drug-likeness (QED) is 0.385. The highest BCUT2D eigenvalue weighted by Crippen LogP contribution is 2.08. The first-order chi connectivity index (χ1) is 5.91. The third-order valence-electron chi connectivity index (χ3n) is 2.07. The highest BCUT2D eigenvalue weighted by Gasteiger charge is 1.88. The molecule has 0 unspecified atom stereocenters. The van der Waals surface area contributed by atoms with Gasteiger partial charge in [0.05, 0.1) is 0 Å². The lowest BCUT2D eigenvalue weighted by molar-refractivity contribution is 0.349. The third-order valence-corrected chi connectivity index (χ3v) is 2.07. The minimum absolute atomic E-state index is 0.900. The predicted molar refractivity (Wildman–Crippen MR) is 52.4 cm³/mol. The van der Waals surface area contributed by atoms with Crippen LogP contribution in [0.5, 0.6) is 0 Å². The molecule has 0 aliphatic carbocycles. The summed E-state index contributed by atoms with van der Waals surface area (Å²) in [6.45, 7) is 2.24. The maximum Gasteiger partial charge on any atom is 0.138 e. The van der Waals surface area contributed by atoms with E-state index in [0.29, 0.717) is 0 Å². The van der Waals surface area contributed by atoms with Crippen molar-refractivity contribution in [1.29, 1.82) is 0 Å². The average molecular weight is 169 g/mol. The molecule has 0 aliphatic heterocycles. The first kappa shape index (κ1) is 11.5. The summed E-state index contributed by atoms with van der Waals surface area (Å²) in [6.07, 6.45) is 12.8. The molecule has 1 radical (unpaired) electrons. The lowest BCUT2D eigenvalue weighted by Gasteiger charge is -1.98. The minimum Gasteiger partial charge on any atom is -0.299 e. The van der Waals surface area contributed by atoms with Crippen molar-refractivity contribution in [1.82, 2.24) is 0 Å². The van der Waals surface area contributed by atoms with Gasteiger partial charge in [-0.15, -0.1) is 0 Å². The SMILES string of the molecule is CCCCCCCCC/C=C/[O]. The van der Waals surface area contributed by atoms with E-state index < -0.39 is 0 Å². The number of unbranched alkanes of at least 4 members (excludes halogenated alkanes) is 7. The molecule has 0 fully saturated rings. The maximum atomic E-state index is 9.92. The molecule has 0 spiro atoms. The fourth-order valence-electron chi connectivity index (χ4n) is 1.29. The van der Waals surface area contributed by atoms with Crippen LogP contribution in [0.2, 0.25) is 0 Å². The van der Waals surface area contributed by atoms with Gasteiger partial charge in [-0.25, -0.2) is 0 Å². The van der Waals surface area contributed by atoms with E-state index in [0.717, 1.165) is 12.7 Å². The van der Waals surface area contributed by atoms with Gasteiger partial charge in [0.25, 0.3) is 0 Å². The molecule has 0 aromatic carbocycles. The molecule has 1 heteroatoms. The summed E-state index contributed by atoms with van der Waals surface area (Å²) in [5, 5.41) is 9.92. The summed E-state index contributed by atoms with van der Waals surface area (Å²) >= 11 is 0. The van der Waals surface area contributed by atoms with E-state index in [4.69, 9.17) is 0 Å². The summed E-state index contributed by atoms with van der Waals surface area (Å²) in [6, 6.07) is 0. The van der Waals surface area contributed by atoms with Gasteiger partial charge in [0.1, 0.15) is 6.26 Å². The molecule has 0 atom stereocenters. The van der Waals surface area contributed by atoms with Crippen molar-refractivity contribution < 1.29 is 5.11 Å². The van der Waals surface area contributed by atoms with Crippen molar-refractivity contribution >= 4 is 0 Å². The standard InChI is InChI=1S/C11H21O/c1-2-3-4-5-6-7-8-9-10-11-12/h10-11H,2-9H2,1H3/b11-10+. The van der Waals surface area contributed by atoms with E-state index in [1.54, 1.807) is 6.08 Å². The lowest BCUT2D eigenvalue weighted by Crippen LogP contribution is -1.78. The van der Waals surface area contributed by atoms with E-state index in [1.807, 2.05) is 0 Å². The van der Waals surface area contributed by atoms with Crippen molar-refractivity contribution in [3.05, 3.63) is 12.3 Å². The molecular formula is C11H21O. The van der Waals surface area contributed by atoms with Gasteiger partial charge in [-0.2, -0.15) is 0 Å². The Morgan fingerprint density at radius 1 is 0.917 bits per heavy atom. The summed E-state index contributed by atoms with van der Waals surface area (Å²) in [5.41, 5.74) is 0. The molecule has 0 N–H and O–H groups in total. The van der Waals surface area contributed by atoms with Gasteiger partial charge in [-0.3, -0.25) is 5.11 Å². The van der Waals surface area contributed by atoms with E-state index in [9.17, 15) is 5.11 Å². The Morgan fingerprint density at radius 2 is 1.50 bits per heavy atom. The van der Waals surface area contributed by atoms with Crippen LogP contribution in [0.1, 0.15) is 58.3 Å². The molecule has 1 nitrogen and oxygen atoms in total. The molecule has 0 heterocycles. The molecule has 0 bridgehead atoms. The summed E-state index contributed by atoms with van der Waals surface area (Å²) < 4.78 is 0. The fraction of sp³-hybridized carbons (Fsp3) is 0.818. The summed E-state index contributed by atoms with van der Waals surface area (Å²) in [7, 11) is 0. The highest BCUT2D eigenvalue weighted by molar-refractivity contribution is 4.70. The molecule has 71 valence electrons. The molecule has 0 rings (SSSR count). The molecule has 12 heavy (non-hydrogen) atoms. The summed E-state index contributed by atoms with van der Waals surface area (Å²) in [4.78, 5) is 0. The molecule has 0 aliphatic rings. The van der Waals surface area contributed by atoms with Crippen LogP contribution in [0.3, 0.4) is 0 Å². The zero-order chi connectivity index (χ0) is 9.07. The van der Waals surface area contributed by atoms with Gasteiger partial charge in [-0.1, -0.05) is 45.4 Å². The van der Waals surface area contributed by atoms with E-state index in [-0.39, 0.29) is 0 Å². The van der Waals surface area contributed by atoms with Crippen molar-refractivity contribution in [3.63, 3.8) is 0 Å². The Balaban J connectivity index is 2.81. The third kappa shape index (κ3) is 9.54. The smallest absolute Gasteiger partial charge is 0.138 e. The molecule has 0 saturated carbocycles. The fourth-order valence-corrected chi connectivity index (χ4v) is 1.29. The second-order valence-corrected chi connectivity index (χ2v) is 3.28. The van der Waals surface area contributed by atoms with Crippen molar-refractivity contribution in [2.75, 3.05) is 0 Å².